The van der Waals surface area contributed by atoms with Crippen LogP contribution in [0.2, 0.25) is 0 Å². The number of amides is 1. The summed E-state index contributed by atoms with van der Waals surface area (Å²) >= 11 is 0. The van der Waals surface area contributed by atoms with E-state index in [1.807, 2.05) is 11.0 Å². The lowest BCUT2D eigenvalue weighted by Crippen LogP contribution is -2.29. The van der Waals surface area contributed by atoms with E-state index in [-0.39, 0.29) is 12.1 Å². The van der Waals surface area contributed by atoms with Crippen molar-refractivity contribution in [2.24, 2.45) is 0 Å². The number of hydrogen-bond donors (Lipinski definition) is 0. The summed E-state index contributed by atoms with van der Waals surface area (Å²) in [4.78, 5) is 13.5. The lowest BCUT2D eigenvalue weighted by Gasteiger charge is -2.21. The quantitative estimate of drug-likeness (QED) is 0.854. The van der Waals surface area contributed by atoms with Crippen molar-refractivity contribution in [3.05, 3.63) is 23.8 Å². The second-order valence-corrected chi connectivity index (χ2v) is 6.67. The summed E-state index contributed by atoms with van der Waals surface area (Å²) in [6, 6.07) is 6.35. The minimum Gasteiger partial charge on any atom is -0.493 e. The van der Waals surface area contributed by atoms with Gasteiger partial charge in [0.15, 0.2) is 11.5 Å². The number of nitrogens with zero attached hydrogens (tertiary/aromatic N) is 1. The lowest BCUT2D eigenvalue weighted by molar-refractivity contribution is 0.159. The molecule has 1 aromatic carbocycles. The lowest BCUT2D eigenvalue weighted by atomic mass is 9.92. The van der Waals surface area contributed by atoms with Gasteiger partial charge in [-0.3, -0.25) is 0 Å². The van der Waals surface area contributed by atoms with E-state index < -0.39 is 0 Å². The second-order valence-electron chi connectivity index (χ2n) is 6.67. The largest absolute Gasteiger partial charge is 0.493 e. The molecule has 2 saturated heterocycles. The zero-order valence-corrected chi connectivity index (χ0v) is 13.5. The molecule has 124 valence electrons. The zero-order chi connectivity index (χ0) is 15.8. The maximum atomic E-state index is 11.7. The van der Waals surface area contributed by atoms with E-state index in [0.717, 1.165) is 37.3 Å². The molecule has 1 aliphatic carbocycles. The fourth-order valence-electron chi connectivity index (χ4n) is 4.12. The van der Waals surface area contributed by atoms with Crippen LogP contribution in [0.3, 0.4) is 0 Å². The predicted octanol–water partition coefficient (Wildman–Crippen LogP) is 3.32. The number of fused-ring (bicyclic) bond motifs is 1. The third kappa shape index (κ3) is 2.62. The molecule has 2 atom stereocenters. The molecular formula is C18H23NO4. The highest BCUT2D eigenvalue weighted by Gasteiger charge is 2.44. The Balaban J connectivity index is 1.58. The summed E-state index contributed by atoms with van der Waals surface area (Å²) in [6.07, 6.45) is 5.83. The topological polar surface area (TPSA) is 48.0 Å². The van der Waals surface area contributed by atoms with E-state index in [1.54, 1.807) is 7.11 Å². The zero-order valence-electron chi connectivity index (χ0n) is 13.5. The van der Waals surface area contributed by atoms with Crippen LogP contribution in [0, 0.1) is 0 Å². The van der Waals surface area contributed by atoms with Gasteiger partial charge in [0.05, 0.1) is 19.3 Å². The van der Waals surface area contributed by atoms with Gasteiger partial charge in [-0.15, -0.1) is 0 Å². The molecule has 1 amide bonds. The summed E-state index contributed by atoms with van der Waals surface area (Å²) in [5.74, 6) is 1.94. The van der Waals surface area contributed by atoms with E-state index >= 15 is 0 Å². The molecule has 5 heteroatoms. The third-order valence-electron chi connectivity index (χ3n) is 5.37. The van der Waals surface area contributed by atoms with Crippen molar-refractivity contribution in [1.29, 1.82) is 0 Å². The number of hydrogen-bond acceptors (Lipinski definition) is 4. The fourth-order valence-corrected chi connectivity index (χ4v) is 4.12. The van der Waals surface area contributed by atoms with E-state index in [0.29, 0.717) is 18.6 Å². The molecule has 0 N–H and O–H groups in total. The van der Waals surface area contributed by atoms with Gasteiger partial charge in [-0.2, -0.15) is 0 Å². The van der Waals surface area contributed by atoms with Crippen molar-refractivity contribution in [2.45, 2.75) is 50.2 Å². The highest BCUT2D eigenvalue weighted by Crippen LogP contribution is 2.40. The van der Waals surface area contributed by atoms with Crippen LogP contribution in [0.25, 0.3) is 0 Å². The average Bonchev–Trinajstić information content (AvgIpc) is 3.27. The summed E-state index contributed by atoms with van der Waals surface area (Å²) in [5, 5.41) is 0. The molecular weight excluding hydrogens is 294 g/mol. The third-order valence-corrected chi connectivity index (χ3v) is 5.37. The Kier molecular flexibility index (Phi) is 3.79. The maximum Gasteiger partial charge on any atom is 0.410 e. The monoisotopic (exact) mass is 317 g/mol. The summed E-state index contributed by atoms with van der Waals surface area (Å²) in [6.45, 7) is 1.27. The Labute approximate surface area is 136 Å². The number of ether oxygens (including phenoxy) is 3. The van der Waals surface area contributed by atoms with Gasteiger partial charge in [-0.05, 0) is 49.8 Å². The molecule has 4 rings (SSSR count). The van der Waals surface area contributed by atoms with Gasteiger partial charge < -0.3 is 19.1 Å². The Hall–Kier alpha value is -1.91. The number of cyclic esters (lactones) is 1. The highest BCUT2D eigenvalue weighted by molar-refractivity contribution is 5.71. The number of carbonyl (C=O) groups is 1. The Morgan fingerprint density at radius 1 is 1.17 bits per heavy atom. The van der Waals surface area contributed by atoms with Crippen LogP contribution in [0.1, 0.15) is 43.6 Å². The molecule has 2 aliphatic heterocycles. The normalized spacial score (nSPS) is 27.2. The van der Waals surface area contributed by atoms with Crippen molar-refractivity contribution in [2.75, 3.05) is 20.3 Å². The van der Waals surface area contributed by atoms with Gasteiger partial charge in [0, 0.05) is 12.5 Å². The van der Waals surface area contributed by atoms with Crippen molar-refractivity contribution in [3.8, 4) is 11.5 Å². The fraction of sp³-hybridized carbons (Fsp3) is 0.611. The van der Waals surface area contributed by atoms with Crippen LogP contribution in [-0.4, -0.2) is 43.4 Å². The molecule has 3 fully saturated rings. The van der Waals surface area contributed by atoms with Crippen molar-refractivity contribution < 1.29 is 19.0 Å². The minimum absolute atomic E-state index is 0.162. The molecule has 2 unspecified atom stereocenters. The first-order valence-corrected chi connectivity index (χ1v) is 8.54. The summed E-state index contributed by atoms with van der Waals surface area (Å²) in [5.41, 5.74) is 1.21. The van der Waals surface area contributed by atoms with Gasteiger partial charge >= 0.3 is 6.09 Å². The van der Waals surface area contributed by atoms with Crippen LogP contribution in [0.15, 0.2) is 18.2 Å². The Bertz CT molecular complexity index is 597. The summed E-state index contributed by atoms with van der Waals surface area (Å²) < 4.78 is 16.8. The first-order valence-electron chi connectivity index (χ1n) is 8.54. The molecule has 0 aromatic heterocycles. The van der Waals surface area contributed by atoms with Crippen LogP contribution >= 0.6 is 0 Å². The maximum absolute atomic E-state index is 11.7. The SMILES string of the molecule is COc1ccc(C2CCN3C(=O)OCC23)cc1OC1CCCC1. The van der Waals surface area contributed by atoms with Gasteiger partial charge in [-0.25, -0.2) is 4.79 Å². The second kappa shape index (κ2) is 5.95. The number of rotatable bonds is 4. The molecule has 0 spiro atoms. The molecule has 1 saturated carbocycles. The molecule has 23 heavy (non-hydrogen) atoms. The van der Waals surface area contributed by atoms with Crippen LogP contribution in [-0.2, 0) is 4.74 Å². The minimum atomic E-state index is -0.173. The van der Waals surface area contributed by atoms with Crippen molar-refractivity contribution in [1.82, 2.24) is 4.90 Å². The first kappa shape index (κ1) is 14.7. The molecule has 0 radical (unpaired) electrons. The van der Waals surface area contributed by atoms with Crippen LogP contribution in [0.5, 0.6) is 11.5 Å². The van der Waals surface area contributed by atoms with Crippen LogP contribution in [0.4, 0.5) is 4.79 Å². The number of benzene rings is 1. The standard InChI is InChI=1S/C18H23NO4/c1-21-16-7-6-12(10-17(16)23-13-4-2-3-5-13)14-8-9-19-15(14)11-22-18(19)20/h6-7,10,13-15H,2-5,8-9,11H2,1H3. The van der Waals surface area contributed by atoms with Crippen molar-refractivity contribution in [3.63, 3.8) is 0 Å². The van der Waals surface area contributed by atoms with E-state index in [2.05, 4.69) is 12.1 Å². The van der Waals surface area contributed by atoms with E-state index in [9.17, 15) is 4.79 Å². The van der Waals surface area contributed by atoms with Gasteiger partial charge in [0.25, 0.3) is 0 Å². The highest BCUT2D eigenvalue weighted by atomic mass is 16.6. The van der Waals surface area contributed by atoms with E-state index in [4.69, 9.17) is 14.2 Å². The predicted molar refractivity (Wildman–Crippen MR) is 85.1 cm³/mol. The van der Waals surface area contributed by atoms with Crippen molar-refractivity contribution >= 4 is 6.09 Å². The van der Waals surface area contributed by atoms with Crippen LogP contribution < -0.4 is 9.47 Å². The Morgan fingerprint density at radius 3 is 2.78 bits per heavy atom. The molecule has 0 bridgehead atoms. The smallest absolute Gasteiger partial charge is 0.410 e. The first-order chi connectivity index (χ1) is 11.3. The van der Waals surface area contributed by atoms with Gasteiger partial charge in [0.1, 0.15) is 6.61 Å². The molecule has 2 heterocycles. The van der Waals surface area contributed by atoms with E-state index in [1.165, 1.54) is 18.4 Å². The van der Waals surface area contributed by atoms with Gasteiger partial charge in [-0.1, -0.05) is 6.07 Å². The number of methoxy groups -OCH3 is 1. The molecule has 5 nitrogen and oxygen atoms in total. The Morgan fingerprint density at radius 2 is 2.00 bits per heavy atom. The summed E-state index contributed by atoms with van der Waals surface area (Å²) in [7, 11) is 1.68. The molecule has 1 aromatic rings. The van der Waals surface area contributed by atoms with Gasteiger partial charge in [0.2, 0.25) is 0 Å². The average molecular weight is 317 g/mol. The molecule has 3 aliphatic rings. The number of carbonyl (C=O) groups excluding carboxylic acids is 1.